The van der Waals surface area contributed by atoms with Gasteiger partial charge in [-0.05, 0) is 30.9 Å². The molecule has 1 saturated carbocycles. The van der Waals surface area contributed by atoms with Crippen LogP contribution < -0.4 is 5.56 Å². The summed E-state index contributed by atoms with van der Waals surface area (Å²) in [5.74, 6) is -0.745. The Balaban J connectivity index is 2.39. The third-order valence-electron chi connectivity index (χ3n) is 3.60. The Morgan fingerprint density at radius 3 is 2.53 bits per heavy atom. The lowest BCUT2D eigenvalue weighted by atomic mass is 9.86. The molecule has 1 aliphatic rings. The fourth-order valence-corrected chi connectivity index (χ4v) is 2.62. The van der Waals surface area contributed by atoms with Crippen LogP contribution in [-0.4, -0.2) is 15.6 Å². The number of carboxylic acid groups (broad SMARTS) is 1. The van der Waals surface area contributed by atoms with Crippen molar-refractivity contribution in [2.24, 2.45) is 7.05 Å². The highest BCUT2D eigenvalue weighted by atomic mass is 16.4. The molecular formula is C13H17NO3. The van der Waals surface area contributed by atoms with Crippen LogP contribution in [0.5, 0.6) is 0 Å². The topological polar surface area (TPSA) is 59.3 Å². The first-order chi connectivity index (χ1) is 8.11. The van der Waals surface area contributed by atoms with Gasteiger partial charge in [-0.3, -0.25) is 4.79 Å². The maximum atomic E-state index is 11.9. The zero-order valence-electron chi connectivity index (χ0n) is 9.98. The van der Waals surface area contributed by atoms with E-state index in [2.05, 4.69) is 0 Å². The Hall–Kier alpha value is -1.58. The van der Waals surface area contributed by atoms with Crippen molar-refractivity contribution in [2.75, 3.05) is 0 Å². The highest BCUT2D eigenvalue weighted by molar-refractivity contribution is 5.87. The van der Waals surface area contributed by atoms with Gasteiger partial charge in [0, 0.05) is 12.7 Å². The van der Waals surface area contributed by atoms with Crippen LogP contribution in [0, 0.1) is 0 Å². The standard InChI is InChI=1S/C13H17NO3/c1-14-11(9-5-3-2-4-6-9)8-7-10(12(14)15)13(16)17/h7-9H,2-6H2,1H3,(H,16,17). The third-order valence-corrected chi connectivity index (χ3v) is 3.60. The van der Waals surface area contributed by atoms with Gasteiger partial charge >= 0.3 is 5.97 Å². The molecule has 1 aromatic rings. The van der Waals surface area contributed by atoms with E-state index in [1.807, 2.05) is 0 Å². The lowest BCUT2D eigenvalue weighted by Crippen LogP contribution is -2.28. The summed E-state index contributed by atoms with van der Waals surface area (Å²) in [5, 5.41) is 8.88. The highest BCUT2D eigenvalue weighted by Gasteiger charge is 2.20. The van der Waals surface area contributed by atoms with E-state index in [9.17, 15) is 9.59 Å². The number of rotatable bonds is 2. The highest BCUT2D eigenvalue weighted by Crippen LogP contribution is 2.31. The summed E-state index contributed by atoms with van der Waals surface area (Å²) in [7, 11) is 1.67. The zero-order chi connectivity index (χ0) is 12.4. The van der Waals surface area contributed by atoms with Gasteiger partial charge in [-0.1, -0.05) is 19.3 Å². The SMILES string of the molecule is Cn1c(C2CCCCC2)ccc(C(=O)O)c1=O. The molecule has 0 bridgehead atoms. The lowest BCUT2D eigenvalue weighted by Gasteiger charge is -2.23. The smallest absolute Gasteiger partial charge is 0.341 e. The predicted molar refractivity (Wildman–Crippen MR) is 64.5 cm³/mol. The number of aromatic nitrogens is 1. The number of carbonyl (C=O) groups is 1. The third kappa shape index (κ3) is 2.25. The Labute approximate surface area is 99.9 Å². The van der Waals surface area contributed by atoms with E-state index < -0.39 is 11.5 Å². The normalized spacial score (nSPS) is 17.0. The van der Waals surface area contributed by atoms with Crippen LogP contribution in [0.2, 0.25) is 0 Å². The average molecular weight is 235 g/mol. The van der Waals surface area contributed by atoms with Gasteiger partial charge in [0.1, 0.15) is 5.56 Å². The van der Waals surface area contributed by atoms with Crippen molar-refractivity contribution >= 4 is 5.97 Å². The van der Waals surface area contributed by atoms with Crippen LogP contribution in [-0.2, 0) is 7.05 Å². The van der Waals surface area contributed by atoms with Gasteiger partial charge in [-0.15, -0.1) is 0 Å². The summed E-state index contributed by atoms with van der Waals surface area (Å²) < 4.78 is 1.50. The van der Waals surface area contributed by atoms with E-state index in [1.165, 1.54) is 29.9 Å². The quantitative estimate of drug-likeness (QED) is 0.854. The second-order valence-electron chi connectivity index (χ2n) is 4.68. The van der Waals surface area contributed by atoms with E-state index in [4.69, 9.17) is 5.11 Å². The Morgan fingerprint density at radius 2 is 1.94 bits per heavy atom. The summed E-state index contributed by atoms with van der Waals surface area (Å²) in [4.78, 5) is 22.7. The lowest BCUT2D eigenvalue weighted by molar-refractivity contribution is 0.0694. The zero-order valence-corrected chi connectivity index (χ0v) is 9.98. The molecule has 0 radical (unpaired) electrons. The Morgan fingerprint density at radius 1 is 1.29 bits per heavy atom. The van der Waals surface area contributed by atoms with Gasteiger partial charge in [-0.25, -0.2) is 4.79 Å². The first-order valence-electron chi connectivity index (χ1n) is 6.04. The molecule has 0 amide bonds. The summed E-state index contributed by atoms with van der Waals surface area (Å²) in [6, 6.07) is 3.23. The predicted octanol–water partition coefficient (Wildman–Crippen LogP) is 2.13. The van der Waals surface area contributed by atoms with Gasteiger partial charge in [0.15, 0.2) is 0 Å². The molecule has 0 aromatic carbocycles. The van der Waals surface area contributed by atoms with Crippen LogP contribution in [0.15, 0.2) is 16.9 Å². The fraction of sp³-hybridized carbons (Fsp3) is 0.538. The van der Waals surface area contributed by atoms with E-state index in [-0.39, 0.29) is 5.56 Å². The minimum absolute atomic E-state index is 0.146. The molecule has 4 nitrogen and oxygen atoms in total. The molecule has 1 fully saturated rings. The molecule has 1 aliphatic carbocycles. The summed E-state index contributed by atoms with van der Waals surface area (Å²) in [5.41, 5.74) is 0.423. The molecule has 92 valence electrons. The van der Waals surface area contributed by atoms with Crippen LogP contribution in [0.25, 0.3) is 0 Å². The first kappa shape index (κ1) is 11.9. The van der Waals surface area contributed by atoms with Crippen molar-refractivity contribution < 1.29 is 9.90 Å². The van der Waals surface area contributed by atoms with E-state index in [0.29, 0.717) is 5.92 Å². The second-order valence-corrected chi connectivity index (χ2v) is 4.68. The number of hydrogen-bond donors (Lipinski definition) is 1. The van der Waals surface area contributed by atoms with Gasteiger partial charge in [0.05, 0.1) is 0 Å². The number of aromatic carboxylic acids is 1. The second kappa shape index (κ2) is 4.73. The molecule has 1 aromatic heterocycles. The van der Waals surface area contributed by atoms with E-state index >= 15 is 0 Å². The Bertz CT molecular complexity index is 484. The van der Waals surface area contributed by atoms with E-state index in [0.717, 1.165) is 18.5 Å². The van der Waals surface area contributed by atoms with Crippen LogP contribution >= 0.6 is 0 Å². The molecule has 0 saturated heterocycles. The number of carboxylic acids is 1. The van der Waals surface area contributed by atoms with Crippen LogP contribution in [0.3, 0.4) is 0 Å². The van der Waals surface area contributed by atoms with Gasteiger partial charge in [0.25, 0.3) is 5.56 Å². The summed E-state index contributed by atoms with van der Waals surface area (Å²) in [6.45, 7) is 0. The maximum Gasteiger partial charge on any atom is 0.341 e. The van der Waals surface area contributed by atoms with Crippen molar-refractivity contribution in [1.29, 1.82) is 0 Å². The fourth-order valence-electron chi connectivity index (χ4n) is 2.62. The van der Waals surface area contributed by atoms with Crippen molar-refractivity contribution in [3.05, 3.63) is 33.7 Å². The summed E-state index contributed by atoms with van der Waals surface area (Å²) in [6.07, 6.45) is 5.84. The van der Waals surface area contributed by atoms with Crippen molar-refractivity contribution in [3.63, 3.8) is 0 Å². The Kier molecular flexibility index (Phi) is 3.31. The van der Waals surface area contributed by atoms with Crippen LogP contribution in [0.4, 0.5) is 0 Å². The largest absolute Gasteiger partial charge is 0.477 e. The molecule has 17 heavy (non-hydrogen) atoms. The molecule has 2 rings (SSSR count). The van der Waals surface area contributed by atoms with Crippen molar-refractivity contribution in [2.45, 2.75) is 38.0 Å². The van der Waals surface area contributed by atoms with Gasteiger partial charge in [0.2, 0.25) is 0 Å². The van der Waals surface area contributed by atoms with Crippen molar-refractivity contribution in [1.82, 2.24) is 4.57 Å². The molecule has 1 heterocycles. The number of nitrogens with zero attached hydrogens (tertiary/aromatic N) is 1. The number of hydrogen-bond acceptors (Lipinski definition) is 2. The first-order valence-corrected chi connectivity index (χ1v) is 6.04. The molecule has 0 unspecified atom stereocenters. The molecule has 0 aliphatic heterocycles. The average Bonchev–Trinajstić information content (AvgIpc) is 2.33. The van der Waals surface area contributed by atoms with Crippen LogP contribution in [0.1, 0.15) is 54.1 Å². The molecule has 0 spiro atoms. The minimum Gasteiger partial charge on any atom is -0.477 e. The van der Waals surface area contributed by atoms with Crippen molar-refractivity contribution in [3.8, 4) is 0 Å². The van der Waals surface area contributed by atoms with Gasteiger partial charge in [-0.2, -0.15) is 0 Å². The molecule has 0 atom stereocenters. The summed E-state index contributed by atoms with van der Waals surface area (Å²) >= 11 is 0. The number of pyridine rings is 1. The monoisotopic (exact) mass is 235 g/mol. The van der Waals surface area contributed by atoms with Gasteiger partial charge < -0.3 is 9.67 Å². The minimum atomic E-state index is -1.15. The maximum absolute atomic E-state index is 11.9. The molecular weight excluding hydrogens is 218 g/mol. The van der Waals surface area contributed by atoms with E-state index in [1.54, 1.807) is 13.1 Å². The molecule has 1 N–H and O–H groups in total. The molecule has 4 heteroatoms.